The second-order valence-corrected chi connectivity index (χ2v) is 5.02. The third-order valence-electron chi connectivity index (χ3n) is 3.47. The number of anilines is 2. The Kier molecular flexibility index (Phi) is 2.97. The monoisotopic (exact) mass is 308 g/mol. The molecule has 0 unspecified atom stereocenters. The fourth-order valence-electron chi connectivity index (χ4n) is 2.37. The van der Waals surface area contributed by atoms with E-state index in [2.05, 4.69) is 40.8 Å². The maximum absolute atomic E-state index is 11.3. The van der Waals surface area contributed by atoms with Crippen LogP contribution in [-0.2, 0) is 4.79 Å². The van der Waals surface area contributed by atoms with Gasteiger partial charge in [0, 0.05) is 11.3 Å². The van der Waals surface area contributed by atoms with Crippen molar-refractivity contribution in [1.29, 1.82) is 0 Å². The van der Waals surface area contributed by atoms with Gasteiger partial charge in [0.15, 0.2) is 17.5 Å². The van der Waals surface area contributed by atoms with E-state index < -0.39 is 0 Å². The number of hydrogen-bond donors (Lipinski definition) is 3. The number of hydrogen-bond acceptors (Lipinski definition) is 7. The van der Waals surface area contributed by atoms with Gasteiger partial charge in [0.05, 0.1) is 18.4 Å². The summed E-state index contributed by atoms with van der Waals surface area (Å²) in [5.41, 5.74) is 3.05. The Bertz CT molecular complexity index is 890. The van der Waals surface area contributed by atoms with Crippen LogP contribution < -0.4 is 10.6 Å². The molecule has 3 N–H and O–H groups in total. The molecule has 0 atom stereocenters. The Morgan fingerprint density at radius 2 is 2.04 bits per heavy atom. The summed E-state index contributed by atoms with van der Waals surface area (Å²) in [5, 5.41) is 13.3. The summed E-state index contributed by atoms with van der Waals surface area (Å²) in [6.07, 6.45) is 3.12. The van der Waals surface area contributed by atoms with Crippen molar-refractivity contribution in [2.24, 2.45) is 0 Å². The molecule has 9 nitrogen and oxygen atoms in total. The maximum Gasteiger partial charge on any atom is 0.244 e. The highest BCUT2D eigenvalue weighted by molar-refractivity contribution is 5.98. The molecule has 0 radical (unpaired) electrons. The van der Waals surface area contributed by atoms with Gasteiger partial charge < -0.3 is 15.6 Å². The summed E-state index contributed by atoms with van der Waals surface area (Å²) >= 11 is 0. The van der Waals surface area contributed by atoms with Crippen LogP contribution in [0, 0.1) is 6.92 Å². The molecule has 3 aromatic heterocycles. The number of pyridine rings is 1. The predicted molar refractivity (Wildman–Crippen MR) is 82.5 cm³/mol. The van der Waals surface area contributed by atoms with E-state index in [9.17, 15) is 4.79 Å². The van der Waals surface area contributed by atoms with Crippen molar-refractivity contribution >= 4 is 17.5 Å². The Morgan fingerprint density at radius 1 is 1.13 bits per heavy atom. The second kappa shape index (κ2) is 5.13. The van der Waals surface area contributed by atoms with E-state index in [4.69, 9.17) is 0 Å². The Hall–Kier alpha value is -3.36. The molecule has 1 amide bonds. The highest BCUT2D eigenvalue weighted by Crippen LogP contribution is 2.27. The number of nitrogens with one attached hydrogen (secondary N) is 3. The lowest BCUT2D eigenvalue weighted by molar-refractivity contribution is -0.114. The van der Waals surface area contributed by atoms with Crippen LogP contribution in [0.2, 0.25) is 0 Å². The molecule has 9 heteroatoms. The fraction of sp³-hybridized carbons (Fsp3) is 0.143. The molecule has 1 aliphatic rings. The first-order chi connectivity index (χ1) is 11.2. The van der Waals surface area contributed by atoms with Gasteiger partial charge in [-0.15, -0.1) is 10.2 Å². The average Bonchev–Trinajstić information content (AvgIpc) is 3.09. The molecule has 4 rings (SSSR count). The van der Waals surface area contributed by atoms with E-state index in [0.29, 0.717) is 28.8 Å². The minimum atomic E-state index is -0.131. The van der Waals surface area contributed by atoms with Crippen LogP contribution in [0.25, 0.3) is 22.8 Å². The van der Waals surface area contributed by atoms with Crippen molar-refractivity contribution in [3.05, 3.63) is 30.4 Å². The number of carbonyl (C=O) groups excluding carboxylic acids is 1. The first-order valence-electron chi connectivity index (χ1n) is 6.96. The van der Waals surface area contributed by atoms with E-state index in [-0.39, 0.29) is 12.5 Å². The first kappa shape index (κ1) is 13.3. The third kappa shape index (κ3) is 2.37. The van der Waals surface area contributed by atoms with Crippen molar-refractivity contribution in [3.63, 3.8) is 0 Å². The van der Waals surface area contributed by atoms with Gasteiger partial charge in [-0.2, -0.15) is 0 Å². The summed E-state index contributed by atoms with van der Waals surface area (Å²) in [4.78, 5) is 27.5. The summed E-state index contributed by atoms with van der Waals surface area (Å²) in [6, 6.07) is 3.76. The van der Waals surface area contributed by atoms with Gasteiger partial charge in [-0.25, -0.2) is 15.0 Å². The molecule has 0 fully saturated rings. The number of amides is 1. The van der Waals surface area contributed by atoms with Crippen LogP contribution in [0.1, 0.15) is 5.69 Å². The molecule has 0 aliphatic carbocycles. The molecular formula is C14H12N8O. The van der Waals surface area contributed by atoms with E-state index in [1.165, 1.54) is 6.33 Å². The van der Waals surface area contributed by atoms with Gasteiger partial charge in [-0.05, 0) is 19.1 Å². The second-order valence-electron chi connectivity index (χ2n) is 5.02. The Morgan fingerprint density at radius 3 is 2.83 bits per heavy atom. The van der Waals surface area contributed by atoms with Gasteiger partial charge >= 0.3 is 0 Å². The molecule has 3 aromatic rings. The lowest BCUT2D eigenvalue weighted by atomic mass is 10.1. The van der Waals surface area contributed by atoms with Crippen molar-refractivity contribution in [3.8, 4) is 22.8 Å². The number of aromatic nitrogens is 6. The molecule has 23 heavy (non-hydrogen) atoms. The van der Waals surface area contributed by atoms with Crippen LogP contribution in [-0.4, -0.2) is 42.6 Å². The highest BCUT2D eigenvalue weighted by Gasteiger charge is 2.18. The zero-order valence-electron chi connectivity index (χ0n) is 12.2. The van der Waals surface area contributed by atoms with E-state index in [1.807, 2.05) is 19.1 Å². The van der Waals surface area contributed by atoms with Crippen molar-refractivity contribution in [2.75, 3.05) is 17.2 Å². The van der Waals surface area contributed by atoms with Crippen LogP contribution in [0.4, 0.5) is 11.6 Å². The van der Waals surface area contributed by atoms with Gasteiger partial charge in [-0.3, -0.25) is 4.79 Å². The minimum absolute atomic E-state index is 0.131. The Labute approximate surface area is 130 Å². The number of H-pyrrole nitrogens is 1. The van der Waals surface area contributed by atoms with Crippen LogP contribution in [0.3, 0.4) is 0 Å². The molecule has 0 aromatic carbocycles. The third-order valence-corrected chi connectivity index (χ3v) is 3.47. The summed E-state index contributed by atoms with van der Waals surface area (Å²) in [6.45, 7) is 2.08. The number of rotatable bonds is 2. The van der Waals surface area contributed by atoms with Gasteiger partial charge in [-0.1, -0.05) is 0 Å². The van der Waals surface area contributed by atoms with Gasteiger partial charge in [0.25, 0.3) is 0 Å². The number of fused-ring (bicyclic) bond motifs is 1. The zero-order chi connectivity index (χ0) is 15.8. The Balaban J connectivity index is 1.72. The van der Waals surface area contributed by atoms with Gasteiger partial charge in [0.1, 0.15) is 12.0 Å². The molecule has 0 spiro atoms. The molecule has 114 valence electrons. The maximum atomic E-state index is 11.3. The van der Waals surface area contributed by atoms with Gasteiger partial charge in [0.2, 0.25) is 5.91 Å². The first-order valence-corrected chi connectivity index (χ1v) is 6.96. The van der Waals surface area contributed by atoms with E-state index >= 15 is 0 Å². The normalized spacial score (nSPS) is 13.2. The smallest absolute Gasteiger partial charge is 0.244 e. The number of carbonyl (C=O) groups is 1. The lowest BCUT2D eigenvalue weighted by Gasteiger charge is -2.17. The molecule has 0 saturated heterocycles. The van der Waals surface area contributed by atoms with Crippen LogP contribution >= 0.6 is 0 Å². The molecule has 1 aliphatic heterocycles. The minimum Gasteiger partial charge on any atom is -0.358 e. The SMILES string of the molecule is Cc1nc(-c2nnc[nH]2)ccc1-c1cnc2c(n1)NCC(=O)N2. The largest absolute Gasteiger partial charge is 0.358 e. The van der Waals surface area contributed by atoms with Crippen LogP contribution in [0.15, 0.2) is 24.7 Å². The highest BCUT2D eigenvalue weighted by atomic mass is 16.2. The summed E-state index contributed by atoms with van der Waals surface area (Å²) < 4.78 is 0. The average molecular weight is 308 g/mol. The lowest BCUT2D eigenvalue weighted by Crippen LogP contribution is -2.28. The van der Waals surface area contributed by atoms with E-state index in [1.54, 1.807) is 6.20 Å². The predicted octanol–water partition coefficient (Wildman–Crippen LogP) is 0.996. The van der Waals surface area contributed by atoms with E-state index in [0.717, 1.165) is 11.3 Å². The molecule has 4 heterocycles. The summed E-state index contributed by atoms with van der Waals surface area (Å²) in [5.74, 6) is 1.48. The molecule has 0 bridgehead atoms. The van der Waals surface area contributed by atoms with Crippen molar-refractivity contribution in [1.82, 2.24) is 30.1 Å². The van der Waals surface area contributed by atoms with Crippen molar-refractivity contribution < 1.29 is 4.79 Å². The van der Waals surface area contributed by atoms with Crippen molar-refractivity contribution in [2.45, 2.75) is 6.92 Å². The number of aromatic amines is 1. The number of nitrogens with zero attached hydrogens (tertiary/aromatic N) is 5. The standard InChI is InChI=1S/C14H12N8O/c1-7-8(2-3-9(19-7)12-17-6-18-22-12)10-4-15-14-13(20-10)16-5-11(23)21-14/h2-4,6H,5H2,1H3,(H,16,20)(H,15,21,23)(H,17,18,22). The zero-order valence-corrected chi connectivity index (χ0v) is 12.2. The summed E-state index contributed by atoms with van der Waals surface area (Å²) in [7, 11) is 0. The van der Waals surface area contributed by atoms with Crippen LogP contribution in [0.5, 0.6) is 0 Å². The molecular weight excluding hydrogens is 296 g/mol. The quantitative estimate of drug-likeness (QED) is 0.645. The molecule has 0 saturated carbocycles. The number of aryl methyl sites for hydroxylation is 1. The fourth-order valence-corrected chi connectivity index (χ4v) is 2.37. The topological polar surface area (TPSA) is 121 Å².